The van der Waals surface area contributed by atoms with Crippen molar-refractivity contribution in [2.45, 2.75) is 19.6 Å². The van der Waals surface area contributed by atoms with Gasteiger partial charge in [-0.1, -0.05) is 0 Å². The molecule has 0 aliphatic carbocycles. The number of ether oxygens (including phenoxy) is 1. The van der Waals surface area contributed by atoms with Crippen LogP contribution in [-0.4, -0.2) is 52.7 Å². The number of hydrogen-bond donors (Lipinski definition) is 2. The number of carbonyl (C=O) groups is 2. The number of aromatic nitrogens is 2. The molecule has 26 heavy (non-hydrogen) atoms. The Kier molecular flexibility index (Phi) is 5.17. The molecule has 1 aliphatic heterocycles. The van der Waals surface area contributed by atoms with E-state index in [-0.39, 0.29) is 25.6 Å². The van der Waals surface area contributed by atoms with Gasteiger partial charge in [0.25, 0.3) is 0 Å². The van der Waals surface area contributed by atoms with E-state index in [1.807, 2.05) is 0 Å². The first kappa shape index (κ1) is 17.9. The quantitative estimate of drug-likeness (QED) is 0.803. The number of aliphatic hydroxyl groups excluding tert-OH is 1. The lowest BCUT2D eigenvalue weighted by atomic mass is 10.1. The number of anilines is 1. The van der Waals surface area contributed by atoms with Crippen molar-refractivity contribution in [2.24, 2.45) is 0 Å². The lowest BCUT2D eigenvalue weighted by molar-refractivity contribution is -0.119. The van der Waals surface area contributed by atoms with E-state index in [0.29, 0.717) is 23.5 Å². The van der Waals surface area contributed by atoms with Crippen LogP contribution in [-0.2, 0) is 16.1 Å². The van der Waals surface area contributed by atoms with Crippen molar-refractivity contribution in [1.82, 2.24) is 15.1 Å². The smallest absolute Gasteiger partial charge is 0.414 e. The summed E-state index contributed by atoms with van der Waals surface area (Å²) in [6.45, 7) is 2.09. The SMILES string of the molecule is CC(=O)NC[C@H]1CN(c2ccc(-c3ccn(CCO)n3)c(F)c2)C(=O)O1. The zero-order valence-electron chi connectivity index (χ0n) is 14.2. The van der Waals surface area contributed by atoms with Gasteiger partial charge in [0.05, 0.1) is 37.6 Å². The van der Waals surface area contributed by atoms with Crippen LogP contribution in [0.2, 0.25) is 0 Å². The van der Waals surface area contributed by atoms with Crippen LogP contribution < -0.4 is 10.2 Å². The number of benzene rings is 1. The number of amides is 2. The van der Waals surface area contributed by atoms with Crippen LogP contribution in [0, 0.1) is 5.82 Å². The molecular formula is C17H19FN4O4. The van der Waals surface area contributed by atoms with Gasteiger partial charge in [-0.2, -0.15) is 5.10 Å². The Morgan fingerprint density at radius 1 is 1.46 bits per heavy atom. The summed E-state index contributed by atoms with van der Waals surface area (Å²) < 4.78 is 21.2. The summed E-state index contributed by atoms with van der Waals surface area (Å²) in [5, 5.41) is 15.7. The van der Waals surface area contributed by atoms with E-state index < -0.39 is 18.0 Å². The molecule has 1 aromatic carbocycles. The molecule has 2 aromatic rings. The van der Waals surface area contributed by atoms with Crippen molar-refractivity contribution in [2.75, 3.05) is 24.6 Å². The number of nitrogens with one attached hydrogen (secondary N) is 1. The number of rotatable bonds is 6. The molecule has 3 rings (SSSR count). The standard InChI is InChI=1S/C17H19FN4O4/c1-11(24)19-9-13-10-22(17(25)26-13)12-2-3-14(15(18)8-12)16-4-5-21(20-16)6-7-23/h2-5,8,13,23H,6-7,9-10H2,1H3,(H,19,24)/t13-/m0/s1. The Morgan fingerprint density at radius 3 is 2.96 bits per heavy atom. The molecule has 9 heteroatoms. The average molecular weight is 362 g/mol. The fraction of sp³-hybridized carbons (Fsp3) is 0.353. The molecule has 1 aliphatic rings. The second kappa shape index (κ2) is 7.52. The van der Waals surface area contributed by atoms with E-state index in [2.05, 4.69) is 10.4 Å². The van der Waals surface area contributed by atoms with Gasteiger partial charge in [-0.05, 0) is 24.3 Å². The van der Waals surface area contributed by atoms with Crippen LogP contribution in [0.1, 0.15) is 6.92 Å². The Bertz CT molecular complexity index is 823. The van der Waals surface area contributed by atoms with Crippen molar-refractivity contribution in [3.63, 3.8) is 0 Å². The van der Waals surface area contributed by atoms with Crippen LogP contribution in [0.3, 0.4) is 0 Å². The highest BCUT2D eigenvalue weighted by molar-refractivity contribution is 5.90. The van der Waals surface area contributed by atoms with Gasteiger partial charge in [0.15, 0.2) is 0 Å². The zero-order chi connectivity index (χ0) is 18.7. The molecule has 0 unspecified atom stereocenters. The Hall–Kier alpha value is -2.94. The molecule has 2 N–H and O–H groups in total. The highest BCUT2D eigenvalue weighted by Crippen LogP contribution is 2.28. The van der Waals surface area contributed by atoms with E-state index in [1.54, 1.807) is 24.4 Å². The summed E-state index contributed by atoms with van der Waals surface area (Å²) in [6, 6.07) is 6.07. The Balaban J connectivity index is 1.74. The minimum Gasteiger partial charge on any atom is -0.442 e. The van der Waals surface area contributed by atoms with Gasteiger partial charge < -0.3 is 15.2 Å². The molecule has 0 radical (unpaired) electrons. The normalized spacial score (nSPS) is 16.7. The van der Waals surface area contributed by atoms with Crippen molar-refractivity contribution in [1.29, 1.82) is 0 Å². The maximum Gasteiger partial charge on any atom is 0.414 e. The van der Waals surface area contributed by atoms with Gasteiger partial charge in [-0.3, -0.25) is 14.4 Å². The molecule has 1 aromatic heterocycles. The molecule has 2 amide bonds. The molecular weight excluding hydrogens is 343 g/mol. The van der Waals surface area contributed by atoms with E-state index >= 15 is 0 Å². The molecule has 1 atom stereocenters. The third-order valence-electron chi connectivity index (χ3n) is 3.96. The molecule has 0 saturated carbocycles. The van der Waals surface area contributed by atoms with Crippen molar-refractivity contribution < 1.29 is 23.8 Å². The van der Waals surface area contributed by atoms with E-state index in [1.165, 1.54) is 22.6 Å². The molecule has 138 valence electrons. The minimum atomic E-state index is -0.584. The number of hydrogen-bond acceptors (Lipinski definition) is 5. The van der Waals surface area contributed by atoms with Crippen LogP contribution in [0.25, 0.3) is 11.3 Å². The number of nitrogens with zero attached hydrogens (tertiary/aromatic N) is 3. The average Bonchev–Trinajstić information content (AvgIpc) is 3.20. The molecule has 0 spiro atoms. The number of halogens is 1. The number of cyclic esters (lactones) is 1. The summed E-state index contributed by atoms with van der Waals surface area (Å²) in [4.78, 5) is 24.3. The topological polar surface area (TPSA) is 96.7 Å². The van der Waals surface area contributed by atoms with Crippen molar-refractivity contribution in [3.8, 4) is 11.3 Å². The third kappa shape index (κ3) is 3.83. The lowest BCUT2D eigenvalue weighted by Crippen LogP contribution is -2.33. The fourth-order valence-corrected chi connectivity index (χ4v) is 2.71. The molecule has 2 heterocycles. The van der Waals surface area contributed by atoms with Gasteiger partial charge in [0.1, 0.15) is 11.9 Å². The lowest BCUT2D eigenvalue weighted by Gasteiger charge is -2.14. The van der Waals surface area contributed by atoms with E-state index in [9.17, 15) is 14.0 Å². The summed E-state index contributed by atoms with van der Waals surface area (Å²) in [5.74, 6) is -0.731. The van der Waals surface area contributed by atoms with Crippen LogP contribution in [0.5, 0.6) is 0 Å². The van der Waals surface area contributed by atoms with Crippen LogP contribution >= 0.6 is 0 Å². The summed E-state index contributed by atoms with van der Waals surface area (Å²) in [5.41, 5.74) is 1.11. The molecule has 0 bridgehead atoms. The first-order valence-corrected chi connectivity index (χ1v) is 8.14. The molecule has 1 fully saturated rings. The Labute approximate surface area is 149 Å². The van der Waals surface area contributed by atoms with E-state index in [0.717, 1.165) is 0 Å². The monoisotopic (exact) mass is 362 g/mol. The highest BCUT2D eigenvalue weighted by Gasteiger charge is 2.32. The zero-order valence-corrected chi connectivity index (χ0v) is 14.2. The Morgan fingerprint density at radius 2 is 2.27 bits per heavy atom. The first-order chi connectivity index (χ1) is 12.5. The van der Waals surface area contributed by atoms with E-state index in [4.69, 9.17) is 9.84 Å². The van der Waals surface area contributed by atoms with Gasteiger partial charge >= 0.3 is 6.09 Å². The highest BCUT2D eigenvalue weighted by atomic mass is 19.1. The predicted molar refractivity (Wildman–Crippen MR) is 91.0 cm³/mol. The number of aliphatic hydroxyl groups is 1. The summed E-state index contributed by atoms with van der Waals surface area (Å²) >= 11 is 0. The van der Waals surface area contributed by atoms with Crippen LogP contribution in [0.15, 0.2) is 30.5 Å². The second-order valence-electron chi connectivity index (χ2n) is 5.91. The second-order valence-corrected chi connectivity index (χ2v) is 5.91. The van der Waals surface area contributed by atoms with Gasteiger partial charge in [-0.15, -0.1) is 0 Å². The summed E-state index contributed by atoms with van der Waals surface area (Å²) in [6.07, 6.45) is 0.589. The summed E-state index contributed by atoms with van der Waals surface area (Å²) in [7, 11) is 0. The minimum absolute atomic E-state index is 0.0563. The van der Waals surface area contributed by atoms with Gasteiger partial charge in [-0.25, -0.2) is 9.18 Å². The van der Waals surface area contributed by atoms with Crippen LogP contribution in [0.4, 0.5) is 14.9 Å². The third-order valence-corrected chi connectivity index (χ3v) is 3.96. The number of carbonyl (C=O) groups excluding carboxylic acids is 2. The fourth-order valence-electron chi connectivity index (χ4n) is 2.71. The van der Waals surface area contributed by atoms with Gasteiger partial charge in [0.2, 0.25) is 5.91 Å². The van der Waals surface area contributed by atoms with Crippen molar-refractivity contribution in [3.05, 3.63) is 36.3 Å². The maximum absolute atomic E-state index is 14.5. The maximum atomic E-state index is 14.5. The van der Waals surface area contributed by atoms with Gasteiger partial charge in [0, 0.05) is 18.7 Å². The van der Waals surface area contributed by atoms with Crippen molar-refractivity contribution >= 4 is 17.7 Å². The molecule has 8 nitrogen and oxygen atoms in total. The molecule has 1 saturated heterocycles. The first-order valence-electron chi connectivity index (χ1n) is 8.14. The largest absolute Gasteiger partial charge is 0.442 e. The predicted octanol–water partition coefficient (Wildman–Crippen LogP) is 1.14.